The van der Waals surface area contributed by atoms with Crippen molar-refractivity contribution in [3.05, 3.63) is 141 Å². The fraction of sp³-hybridized carbons (Fsp3) is 0.548. The van der Waals surface area contributed by atoms with E-state index in [9.17, 15) is 29.4 Å². The summed E-state index contributed by atoms with van der Waals surface area (Å²) in [6.45, 7) is 11.5. The summed E-state index contributed by atoms with van der Waals surface area (Å²) < 4.78 is 11.2. The van der Waals surface area contributed by atoms with Gasteiger partial charge in [0.25, 0.3) is 23.6 Å². The first-order valence-corrected chi connectivity index (χ1v) is 28.0. The van der Waals surface area contributed by atoms with Crippen LogP contribution in [0.3, 0.4) is 0 Å². The van der Waals surface area contributed by atoms with Crippen LogP contribution in [0.1, 0.15) is 154 Å². The Morgan fingerprint density at radius 2 is 0.921 bits per heavy atom. The monoisotopic (exact) mass is 1030 g/mol. The summed E-state index contributed by atoms with van der Waals surface area (Å²) in [5, 5.41) is 29.2. The summed E-state index contributed by atoms with van der Waals surface area (Å²) in [6.07, 6.45) is 8.32. The lowest BCUT2D eigenvalue weighted by Gasteiger charge is -2.42. The second-order valence-electron chi connectivity index (χ2n) is 24.6. The number of β-amino-alcohol motifs (C(OH)–C–C–N with tert-alkyl or cyclic N) is 2. The molecule has 0 saturated carbocycles. The van der Waals surface area contributed by atoms with E-state index in [2.05, 4.69) is 72.4 Å². The second kappa shape index (κ2) is 21.1. The van der Waals surface area contributed by atoms with Crippen molar-refractivity contribution in [1.82, 2.24) is 30.2 Å². The molecule has 10 atom stereocenters. The molecule has 4 aromatic rings. The van der Waals surface area contributed by atoms with Crippen molar-refractivity contribution in [2.45, 2.75) is 176 Å². The van der Waals surface area contributed by atoms with Crippen molar-refractivity contribution in [1.29, 1.82) is 0 Å². The van der Waals surface area contributed by atoms with Gasteiger partial charge in [-0.2, -0.15) is 0 Å². The van der Waals surface area contributed by atoms with Gasteiger partial charge in [-0.3, -0.25) is 19.2 Å². The van der Waals surface area contributed by atoms with Gasteiger partial charge in [-0.1, -0.05) is 76.2 Å². The van der Waals surface area contributed by atoms with E-state index in [4.69, 9.17) is 9.47 Å². The number of rotatable bonds is 10. The highest BCUT2D eigenvalue weighted by Crippen LogP contribution is 2.42. The quantitative estimate of drug-likeness (QED) is 0.137. The van der Waals surface area contributed by atoms with E-state index < -0.39 is 12.2 Å². The molecule has 8 aliphatic rings. The van der Waals surface area contributed by atoms with E-state index in [1.165, 1.54) is 22.3 Å². The number of nitrogens with one attached hydrogen (secondary N) is 2. The van der Waals surface area contributed by atoms with Crippen molar-refractivity contribution in [3.8, 4) is 0 Å². The Hall–Kier alpha value is -5.48. The first-order chi connectivity index (χ1) is 36.5. The zero-order chi connectivity index (χ0) is 53.2. The molecule has 8 aliphatic heterocycles. The molecule has 4 N–H and O–H groups in total. The van der Waals surface area contributed by atoms with Crippen LogP contribution < -0.4 is 10.6 Å². The lowest BCUT2D eigenvalue weighted by atomic mass is 9.77. The molecule has 4 amide bonds. The van der Waals surface area contributed by atoms with Gasteiger partial charge in [-0.25, -0.2) is 0 Å². The van der Waals surface area contributed by atoms with Crippen molar-refractivity contribution in [2.75, 3.05) is 40.4 Å². The molecule has 0 aliphatic carbocycles. The Morgan fingerprint density at radius 1 is 0.566 bits per heavy atom. The maximum atomic E-state index is 13.7. The fourth-order valence-corrected chi connectivity index (χ4v) is 14.6. The number of hydrogen-bond acceptors (Lipinski definition) is 10. The van der Waals surface area contributed by atoms with Crippen LogP contribution in [0.2, 0.25) is 0 Å². The molecule has 4 fully saturated rings. The highest BCUT2D eigenvalue weighted by molar-refractivity contribution is 6.02. The summed E-state index contributed by atoms with van der Waals surface area (Å²) >= 11 is 0. The largest absolute Gasteiger partial charge is 0.390 e. The first-order valence-electron chi connectivity index (χ1n) is 28.0. The Morgan fingerprint density at radius 3 is 1.28 bits per heavy atom. The highest BCUT2D eigenvalue weighted by Gasteiger charge is 2.47. The molecular formula is C62H78N6O8. The molecule has 4 aromatic carbocycles. The Balaban J connectivity index is 0.000000162. The first kappa shape index (κ1) is 52.6. The predicted molar refractivity (Wildman–Crippen MR) is 290 cm³/mol. The second-order valence-corrected chi connectivity index (χ2v) is 24.6. The number of aliphatic hydroxyl groups is 2. The molecule has 2 unspecified atom stereocenters. The van der Waals surface area contributed by atoms with Crippen LogP contribution in [0.25, 0.3) is 0 Å². The van der Waals surface area contributed by atoms with E-state index in [1.54, 1.807) is 24.0 Å². The number of carbonyl (C=O) groups is 4. The third-order valence-corrected chi connectivity index (χ3v) is 18.7. The van der Waals surface area contributed by atoms with Gasteiger partial charge in [-0.05, 0) is 134 Å². The van der Waals surface area contributed by atoms with Gasteiger partial charge in [0, 0.05) is 123 Å². The molecule has 14 heteroatoms. The Kier molecular flexibility index (Phi) is 14.6. The van der Waals surface area contributed by atoms with Crippen LogP contribution in [0.15, 0.2) is 84.9 Å². The average Bonchev–Trinajstić information content (AvgIpc) is 3.87. The van der Waals surface area contributed by atoms with E-state index in [1.807, 2.05) is 60.7 Å². The zero-order valence-corrected chi connectivity index (χ0v) is 45.3. The van der Waals surface area contributed by atoms with Gasteiger partial charge in [0.05, 0.1) is 24.4 Å². The molecule has 8 heterocycles. The third-order valence-electron chi connectivity index (χ3n) is 18.7. The SMILES string of the molecule is COC1C[C@H]2CC[C@@H](C1)N2C(=O)c1ccc2c(c1)C(C)(C)CN(C[C@@H](O)[C@@H]1Cc3ccccc3CN1)C2=O.COC1C[C@H]2CC[C@@H](C1)N2C(=O)c1ccc2c(c1)C(C)(C)CN(C[C@H](O)[C@@H]1Cc3ccccc3CN1)C2=O. The maximum absolute atomic E-state index is 13.7. The van der Waals surface area contributed by atoms with Crippen LogP contribution in [-0.2, 0) is 46.2 Å². The maximum Gasteiger partial charge on any atom is 0.254 e. The number of ether oxygens (including phenoxy) is 2. The number of methoxy groups -OCH3 is 2. The van der Waals surface area contributed by atoms with Gasteiger partial charge in [0.2, 0.25) is 0 Å². The molecule has 404 valence electrons. The molecule has 12 rings (SSSR count). The lowest BCUT2D eigenvalue weighted by molar-refractivity contribution is 0.00758. The third kappa shape index (κ3) is 10.0. The van der Waals surface area contributed by atoms with E-state index >= 15 is 0 Å². The van der Waals surface area contributed by atoms with E-state index in [0.717, 1.165) is 88.4 Å². The van der Waals surface area contributed by atoms with Crippen molar-refractivity contribution < 1.29 is 38.9 Å². The summed E-state index contributed by atoms with van der Waals surface area (Å²) in [6, 6.07) is 28.5. The normalized spacial score (nSPS) is 28.6. The number of carbonyl (C=O) groups excluding carboxylic acids is 4. The van der Waals surface area contributed by atoms with Crippen molar-refractivity contribution in [2.24, 2.45) is 0 Å². The number of aliphatic hydroxyl groups excluding tert-OH is 2. The minimum atomic E-state index is -0.670. The molecule has 4 bridgehead atoms. The Labute approximate surface area is 448 Å². The fourth-order valence-electron chi connectivity index (χ4n) is 14.6. The standard InChI is InChI=1S/2C31H39N3O4/c2*1-31(2)18-33(17-28(35)27-13-19-6-4-5-7-21(19)16-32-27)30(37)25-11-8-20(12-26(25)31)29(36)34-22-9-10-23(34)15-24(14-22)38-3/h2*4-8,11-12,22-24,27-28,32,35H,9-10,13-18H2,1-3H3/t22-,23+,24?,27-,28+;22-,23+,24?,27-,28-/m00/s1. The number of nitrogens with zero attached hydrogens (tertiary/aromatic N) is 4. The molecule has 0 spiro atoms. The highest BCUT2D eigenvalue weighted by atomic mass is 16.5. The van der Waals surface area contributed by atoms with Crippen molar-refractivity contribution in [3.63, 3.8) is 0 Å². The number of benzene rings is 4. The molecule has 0 aromatic heterocycles. The van der Waals surface area contributed by atoms with Gasteiger partial charge in [-0.15, -0.1) is 0 Å². The minimum Gasteiger partial charge on any atom is -0.390 e. The van der Waals surface area contributed by atoms with Crippen LogP contribution >= 0.6 is 0 Å². The van der Waals surface area contributed by atoms with Crippen LogP contribution in [-0.4, -0.2) is 155 Å². The zero-order valence-electron chi connectivity index (χ0n) is 45.3. The Bertz CT molecular complexity index is 2650. The number of amides is 4. The van der Waals surface area contributed by atoms with Crippen LogP contribution in [0, 0.1) is 0 Å². The molecule has 14 nitrogen and oxygen atoms in total. The van der Waals surface area contributed by atoms with Crippen LogP contribution in [0.4, 0.5) is 0 Å². The molecule has 0 radical (unpaired) electrons. The molecular weight excluding hydrogens is 957 g/mol. The summed E-state index contributed by atoms with van der Waals surface area (Å²) in [5.41, 5.74) is 8.79. The average molecular weight is 1040 g/mol. The number of piperidine rings is 2. The van der Waals surface area contributed by atoms with Crippen LogP contribution in [0.5, 0.6) is 0 Å². The molecule has 4 saturated heterocycles. The smallest absolute Gasteiger partial charge is 0.254 e. The van der Waals surface area contributed by atoms with Crippen molar-refractivity contribution >= 4 is 23.6 Å². The topological polar surface area (TPSA) is 164 Å². The van der Waals surface area contributed by atoms with E-state index in [0.29, 0.717) is 35.3 Å². The van der Waals surface area contributed by atoms with Gasteiger partial charge >= 0.3 is 0 Å². The van der Waals surface area contributed by atoms with Gasteiger partial charge in [0.1, 0.15) is 0 Å². The van der Waals surface area contributed by atoms with Gasteiger partial charge < -0.3 is 49.9 Å². The van der Waals surface area contributed by atoms with Gasteiger partial charge in [0.15, 0.2) is 0 Å². The lowest BCUT2D eigenvalue weighted by Crippen LogP contribution is -2.54. The summed E-state index contributed by atoms with van der Waals surface area (Å²) in [7, 11) is 3.52. The number of fused-ring (bicyclic) bond motifs is 8. The van der Waals surface area contributed by atoms with E-state index in [-0.39, 0.29) is 96.0 Å². The predicted octanol–water partition coefficient (Wildman–Crippen LogP) is 6.55. The molecule has 76 heavy (non-hydrogen) atoms. The summed E-state index contributed by atoms with van der Waals surface area (Å²) in [4.78, 5) is 62.2. The summed E-state index contributed by atoms with van der Waals surface area (Å²) in [5.74, 6) is -0.0108. The minimum absolute atomic E-state index is 0.0691. The number of hydrogen-bond donors (Lipinski definition) is 4.